The van der Waals surface area contributed by atoms with E-state index in [2.05, 4.69) is 0 Å². The second kappa shape index (κ2) is 5.92. The van der Waals surface area contributed by atoms with Crippen molar-refractivity contribution in [3.8, 4) is 0 Å². The summed E-state index contributed by atoms with van der Waals surface area (Å²) in [5.74, 6) is 0. The van der Waals surface area contributed by atoms with Gasteiger partial charge >= 0.3 is 0 Å². The molecule has 0 aliphatic heterocycles. The van der Waals surface area contributed by atoms with E-state index >= 15 is 0 Å². The quantitative estimate of drug-likeness (QED) is 0.508. The van der Waals surface area contributed by atoms with Crippen molar-refractivity contribution >= 4 is 0 Å². The van der Waals surface area contributed by atoms with Gasteiger partial charge in [-0.2, -0.15) is 0 Å². The van der Waals surface area contributed by atoms with E-state index in [-0.39, 0.29) is 0 Å². The third-order valence-electron chi connectivity index (χ3n) is 0.524. The lowest BCUT2D eigenvalue weighted by Crippen LogP contribution is -2.08. The zero-order valence-corrected chi connectivity index (χ0v) is 4.39. The van der Waals surface area contributed by atoms with Crippen LogP contribution in [-0.4, -0.2) is 19.8 Å². The van der Waals surface area contributed by atoms with Gasteiger partial charge < -0.3 is 10.5 Å². The van der Waals surface area contributed by atoms with Gasteiger partial charge in [0.1, 0.15) is 0 Å². The zero-order chi connectivity index (χ0) is 5.54. The van der Waals surface area contributed by atoms with Crippen molar-refractivity contribution in [2.75, 3.05) is 19.8 Å². The minimum absolute atomic E-state index is 0.583. The van der Waals surface area contributed by atoms with E-state index in [1.807, 2.05) is 0 Å². The SMILES string of the molecule is [CH]CCOCCN. The summed E-state index contributed by atoms with van der Waals surface area (Å²) in [5.41, 5.74) is 5.10. The lowest BCUT2D eigenvalue weighted by atomic mass is 10.5. The zero-order valence-electron chi connectivity index (χ0n) is 4.39. The molecule has 0 bridgehead atoms. The van der Waals surface area contributed by atoms with Crippen molar-refractivity contribution < 1.29 is 4.74 Å². The van der Waals surface area contributed by atoms with Crippen LogP contribution in [-0.2, 0) is 4.74 Å². The highest BCUT2D eigenvalue weighted by Crippen LogP contribution is 1.75. The average molecular weight is 101 g/mol. The maximum absolute atomic E-state index is 5.10. The smallest absolute Gasteiger partial charge is 0.0588 e. The molecule has 0 saturated carbocycles. The van der Waals surface area contributed by atoms with Crippen LogP contribution in [0.15, 0.2) is 0 Å². The van der Waals surface area contributed by atoms with E-state index in [4.69, 9.17) is 17.4 Å². The van der Waals surface area contributed by atoms with Crippen LogP contribution in [0, 0.1) is 6.92 Å². The Labute approximate surface area is 44.7 Å². The van der Waals surface area contributed by atoms with Crippen molar-refractivity contribution in [1.82, 2.24) is 0 Å². The maximum atomic E-state index is 5.10. The largest absolute Gasteiger partial charge is 0.380 e. The molecule has 0 fully saturated rings. The van der Waals surface area contributed by atoms with E-state index in [0.29, 0.717) is 26.2 Å². The van der Waals surface area contributed by atoms with Crippen molar-refractivity contribution in [3.05, 3.63) is 6.92 Å². The first-order valence-corrected chi connectivity index (χ1v) is 2.39. The minimum atomic E-state index is 0.583. The molecule has 0 rings (SSSR count). The first-order chi connectivity index (χ1) is 3.41. The summed E-state index contributed by atoms with van der Waals surface area (Å²) in [6, 6.07) is 0. The van der Waals surface area contributed by atoms with Gasteiger partial charge in [-0.3, -0.25) is 0 Å². The lowest BCUT2D eigenvalue weighted by Gasteiger charge is -1.95. The predicted octanol–water partition coefficient (Wildman–Crippen LogP) is 0.0629. The number of nitrogens with two attached hydrogens (primary N) is 1. The molecular formula is C5H11NO. The van der Waals surface area contributed by atoms with Gasteiger partial charge in [-0.15, -0.1) is 0 Å². The number of rotatable bonds is 4. The number of hydrogen-bond donors (Lipinski definition) is 1. The van der Waals surface area contributed by atoms with Gasteiger partial charge in [-0.25, -0.2) is 0 Å². The summed E-state index contributed by atoms with van der Waals surface area (Å²) in [4.78, 5) is 0. The topological polar surface area (TPSA) is 35.2 Å². The second-order valence-electron chi connectivity index (χ2n) is 1.19. The van der Waals surface area contributed by atoms with E-state index in [0.717, 1.165) is 0 Å². The Balaban J connectivity index is 2.45. The fourth-order valence-electron chi connectivity index (χ4n) is 0.269. The third kappa shape index (κ3) is 5.92. The fourth-order valence-corrected chi connectivity index (χ4v) is 0.269. The van der Waals surface area contributed by atoms with Crippen molar-refractivity contribution in [2.24, 2.45) is 5.73 Å². The van der Waals surface area contributed by atoms with Crippen molar-refractivity contribution in [1.29, 1.82) is 0 Å². The molecule has 0 aromatic heterocycles. The Kier molecular flexibility index (Phi) is 5.85. The lowest BCUT2D eigenvalue weighted by molar-refractivity contribution is 0.146. The minimum Gasteiger partial charge on any atom is -0.380 e. The van der Waals surface area contributed by atoms with Crippen LogP contribution in [0.1, 0.15) is 6.42 Å². The molecule has 2 heteroatoms. The fraction of sp³-hybridized carbons (Fsp3) is 0.800. The highest BCUT2D eigenvalue weighted by molar-refractivity contribution is 4.35. The molecule has 0 spiro atoms. The molecule has 0 amide bonds. The van der Waals surface area contributed by atoms with E-state index in [1.54, 1.807) is 0 Å². The Bertz CT molecular complexity index is 27.3. The molecule has 0 heterocycles. The molecule has 0 unspecified atom stereocenters. The molecule has 7 heavy (non-hydrogen) atoms. The normalized spacial score (nSPS) is 9.43. The van der Waals surface area contributed by atoms with Crippen LogP contribution in [0.2, 0.25) is 0 Å². The Hall–Kier alpha value is -0.0800. The molecule has 0 aromatic carbocycles. The van der Waals surface area contributed by atoms with E-state index in [1.165, 1.54) is 0 Å². The molecule has 0 aromatic rings. The van der Waals surface area contributed by atoms with Crippen LogP contribution in [0.4, 0.5) is 0 Å². The third-order valence-corrected chi connectivity index (χ3v) is 0.524. The summed E-state index contributed by atoms with van der Waals surface area (Å²) in [6.07, 6.45) is 0.583. The van der Waals surface area contributed by atoms with E-state index < -0.39 is 0 Å². The summed E-state index contributed by atoms with van der Waals surface area (Å²) in [6.45, 7) is 6.93. The number of hydrogen-bond acceptors (Lipinski definition) is 2. The Morgan fingerprint density at radius 1 is 1.43 bits per heavy atom. The van der Waals surface area contributed by atoms with Gasteiger partial charge in [-0.05, 0) is 13.3 Å². The molecule has 0 saturated heterocycles. The van der Waals surface area contributed by atoms with Gasteiger partial charge in [0.2, 0.25) is 0 Å². The molecule has 2 N–H and O–H groups in total. The number of ether oxygens (including phenoxy) is 1. The highest BCUT2D eigenvalue weighted by atomic mass is 16.5. The van der Waals surface area contributed by atoms with Crippen LogP contribution >= 0.6 is 0 Å². The van der Waals surface area contributed by atoms with Gasteiger partial charge in [0.25, 0.3) is 0 Å². The average Bonchev–Trinajstić information content (AvgIpc) is 1.69. The second-order valence-corrected chi connectivity index (χ2v) is 1.19. The summed E-state index contributed by atoms with van der Waals surface area (Å²) < 4.78 is 4.88. The van der Waals surface area contributed by atoms with Gasteiger partial charge in [-0.1, -0.05) is 0 Å². The molecule has 0 atom stereocenters. The molecule has 42 valence electrons. The summed E-state index contributed by atoms with van der Waals surface area (Å²) in [5, 5.41) is 0. The van der Waals surface area contributed by atoms with Crippen molar-refractivity contribution in [2.45, 2.75) is 6.42 Å². The molecule has 2 nitrogen and oxygen atoms in total. The predicted molar refractivity (Wildman–Crippen MR) is 28.8 cm³/mol. The van der Waals surface area contributed by atoms with Crippen LogP contribution in [0.25, 0.3) is 0 Å². The molecule has 0 aliphatic carbocycles. The summed E-state index contributed by atoms with van der Waals surface area (Å²) >= 11 is 0. The maximum Gasteiger partial charge on any atom is 0.0588 e. The summed E-state index contributed by atoms with van der Waals surface area (Å²) in [7, 11) is 0. The van der Waals surface area contributed by atoms with Gasteiger partial charge in [0, 0.05) is 13.2 Å². The Morgan fingerprint density at radius 2 is 2.14 bits per heavy atom. The first kappa shape index (κ1) is 6.92. The van der Waals surface area contributed by atoms with E-state index in [9.17, 15) is 0 Å². The highest BCUT2D eigenvalue weighted by Gasteiger charge is 1.78. The van der Waals surface area contributed by atoms with Crippen LogP contribution < -0.4 is 5.73 Å². The molecule has 0 aliphatic rings. The van der Waals surface area contributed by atoms with Gasteiger partial charge in [0.05, 0.1) is 6.61 Å². The first-order valence-electron chi connectivity index (χ1n) is 2.39. The van der Waals surface area contributed by atoms with Crippen LogP contribution in [0.5, 0.6) is 0 Å². The standard InChI is InChI=1S/C5H11NO/c1-2-4-7-5-3-6/h1H,2-6H2. The van der Waals surface area contributed by atoms with Crippen LogP contribution in [0.3, 0.4) is 0 Å². The van der Waals surface area contributed by atoms with Gasteiger partial charge in [0.15, 0.2) is 0 Å². The van der Waals surface area contributed by atoms with Crippen molar-refractivity contribution in [3.63, 3.8) is 0 Å². The molecule has 2 radical (unpaired) electrons. The monoisotopic (exact) mass is 101 g/mol. The molecular weight excluding hydrogens is 90.1 g/mol. The Morgan fingerprint density at radius 3 is 2.57 bits per heavy atom.